The first kappa shape index (κ1) is 24.9. The molecule has 0 saturated carbocycles. The zero-order chi connectivity index (χ0) is 25.7. The number of amides is 1. The number of carbonyl (C=O) groups is 2. The van der Waals surface area contributed by atoms with Gasteiger partial charge in [0, 0.05) is 17.5 Å². The van der Waals surface area contributed by atoms with Crippen molar-refractivity contribution in [1.29, 1.82) is 0 Å². The number of H-pyrrole nitrogens is 1. The van der Waals surface area contributed by atoms with Gasteiger partial charge in [0.25, 0.3) is 5.91 Å². The van der Waals surface area contributed by atoms with E-state index in [9.17, 15) is 19.5 Å². The third-order valence-corrected chi connectivity index (χ3v) is 5.79. The van der Waals surface area contributed by atoms with Crippen molar-refractivity contribution >= 4 is 23.5 Å². The van der Waals surface area contributed by atoms with Crippen molar-refractivity contribution in [2.24, 2.45) is 0 Å². The molecule has 0 saturated heterocycles. The highest BCUT2D eigenvalue weighted by molar-refractivity contribution is 6.30. The second-order valence-electron chi connectivity index (χ2n) is 8.20. The van der Waals surface area contributed by atoms with E-state index in [2.05, 4.69) is 15.4 Å². The number of rotatable bonds is 9. The molecule has 4 N–H and O–H groups in total. The molecule has 0 spiro atoms. The number of nitrogens with one attached hydrogen (secondary N) is 2. The third kappa shape index (κ3) is 6.07. The molecule has 2 atom stereocenters. The Kier molecular flexibility index (Phi) is 7.62. The quantitative estimate of drug-likeness (QED) is 0.275. The van der Waals surface area contributed by atoms with Crippen LogP contribution < -0.4 is 11.0 Å². The van der Waals surface area contributed by atoms with Crippen LogP contribution in [-0.2, 0) is 11.2 Å². The summed E-state index contributed by atoms with van der Waals surface area (Å²) in [4.78, 5) is 38.8. The average Bonchev–Trinajstić information content (AvgIpc) is 3.26. The van der Waals surface area contributed by atoms with Crippen LogP contribution in [0, 0.1) is 0 Å². The van der Waals surface area contributed by atoms with Gasteiger partial charge in [-0.3, -0.25) is 9.78 Å². The molecule has 0 aliphatic carbocycles. The van der Waals surface area contributed by atoms with Crippen LogP contribution in [0.3, 0.4) is 0 Å². The van der Waals surface area contributed by atoms with Gasteiger partial charge in [0.05, 0.1) is 5.69 Å². The molecule has 4 rings (SSSR count). The van der Waals surface area contributed by atoms with Gasteiger partial charge >= 0.3 is 11.7 Å². The Morgan fingerprint density at radius 3 is 2.39 bits per heavy atom. The lowest BCUT2D eigenvalue weighted by Gasteiger charge is -2.20. The summed E-state index contributed by atoms with van der Waals surface area (Å²) in [5.41, 5.74) is 2.59. The van der Waals surface area contributed by atoms with Gasteiger partial charge in [-0.15, -0.1) is 5.10 Å². The summed E-state index contributed by atoms with van der Waals surface area (Å²) < 4.78 is 1.06. The maximum absolute atomic E-state index is 12.9. The van der Waals surface area contributed by atoms with Crippen LogP contribution in [0.25, 0.3) is 16.8 Å². The van der Waals surface area contributed by atoms with Crippen molar-refractivity contribution in [2.45, 2.75) is 25.0 Å². The number of aromatic amines is 1. The number of para-hydroxylation sites is 1. The average molecular weight is 507 g/mol. The van der Waals surface area contributed by atoms with Crippen LogP contribution in [0.5, 0.6) is 0 Å². The van der Waals surface area contributed by atoms with E-state index < -0.39 is 29.7 Å². The molecule has 1 heterocycles. The zero-order valence-corrected chi connectivity index (χ0v) is 19.7. The van der Waals surface area contributed by atoms with Gasteiger partial charge in [-0.25, -0.2) is 9.59 Å². The van der Waals surface area contributed by atoms with Crippen LogP contribution in [0.2, 0.25) is 5.02 Å². The van der Waals surface area contributed by atoms with E-state index in [1.807, 2.05) is 42.5 Å². The van der Waals surface area contributed by atoms with E-state index in [-0.39, 0.29) is 18.7 Å². The second-order valence-corrected chi connectivity index (χ2v) is 8.63. The number of aliphatic hydroxyl groups is 1. The standard InChI is InChI=1S/C26H23ClN4O5/c27-19-6-4-5-18(14-19)17-11-9-16(10-12-17)13-20(15-22(32)25(34)35)28-24(33)23-29-26(36)31(30-23)21-7-2-1-3-8-21/h1-12,14,20,22,32H,13,15H2,(H,28,33)(H,34,35)(H,29,30,36)/t20-,22?/m1/s1. The van der Waals surface area contributed by atoms with Gasteiger partial charge in [0.1, 0.15) is 0 Å². The van der Waals surface area contributed by atoms with Crippen LogP contribution in [-0.4, -0.2) is 49.0 Å². The zero-order valence-electron chi connectivity index (χ0n) is 19.0. The van der Waals surface area contributed by atoms with Crippen molar-refractivity contribution in [3.63, 3.8) is 0 Å². The molecular formula is C26H23ClN4O5. The lowest BCUT2D eigenvalue weighted by Crippen LogP contribution is -2.41. The van der Waals surface area contributed by atoms with Crippen LogP contribution >= 0.6 is 11.6 Å². The Labute approximate surface area is 211 Å². The highest BCUT2D eigenvalue weighted by Gasteiger charge is 2.24. The molecule has 1 amide bonds. The van der Waals surface area contributed by atoms with Gasteiger partial charge in [0.15, 0.2) is 6.10 Å². The van der Waals surface area contributed by atoms with Gasteiger partial charge in [-0.2, -0.15) is 4.68 Å². The topological polar surface area (TPSA) is 137 Å². The van der Waals surface area contributed by atoms with E-state index in [0.717, 1.165) is 21.4 Å². The van der Waals surface area contributed by atoms with Crippen molar-refractivity contribution in [3.8, 4) is 16.8 Å². The number of aliphatic carboxylic acids is 1. The molecule has 1 unspecified atom stereocenters. The molecule has 0 bridgehead atoms. The molecule has 1 aromatic heterocycles. The van der Waals surface area contributed by atoms with Crippen molar-refractivity contribution in [3.05, 3.63) is 106 Å². The smallest absolute Gasteiger partial charge is 0.348 e. The van der Waals surface area contributed by atoms with Gasteiger partial charge in [-0.1, -0.05) is 66.2 Å². The summed E-state index contributed by atoms with van der Waals surface area (Å²) in [6.07, 6.45) is -1.67. The van der Waals surface area contributed by atoms with Gasteiger partial charge < -0.3 is 15.5 Å². The van der Waals surface area contributed by atoms with Crippen molar-refractivity contribution in [2.75, 3.05) is 0 Å². The highest BCUT2D eigenvalue weighted by Crippen LogP contribution is 2.23. The Bertz CT molecular complexity index is 1420. The number of hydrogen-bond donors (Lipinski definition) is 4. The predicted molar refractivity (Wildman–Crippen MR) is 134 cm³/mol. The third-order valence-electron chi connectivity index (χ3n) is 5.56. The van der Waals surface area contributed by atoms with Crippen LogP contribution in [0.4, 0.5) is 0 Å². The van der Waals surface area contributed by atoms with E-state index in [1.54, 1.807) is 36.4 Å². The van der Waals surface area contributed by atoms with Gasteiger partial charge in [-0.05, 0) is 47.4 Å². The summed E-state index contributed by atoms with van der Waals surface area (Å²) in [7, 11) is 0. The molecule has 0 aliphatic rings. The van der Waals surface area contributed by atoms with Crippen molar-refractivity contribution in [1.82, 2.24) is 20.1 Å². The van der Waals surface area contributed by atoms with Crippen molar-refractivity contribution < 1.29 is 19.8 Å². The maximum Gasteiger partial charge on any atom is 0.348 e. The Morgan fingerprint density at radius 1 is 1.00 bits per heavy atom. The van der Waals surface area contributed by atoms with E-state index in [1.165, 1.54) is 0 Å². The summed E-state index contributed by atoms with van der Waals surface area (Å²) in [5, 5.41) is 26.5. The number of nitrogens with zero attached hydrogens (tertiary/aromatic N) is 2. The predicted octanol–water partition coefficient (Wildman–Crippen LogP) is 3.06. The summed E-state index contributed by atoms with van der Waals surface area (Å²) in [6, 6.07) is 22.8. The summed E-state index contributed by atoms with van der Waals surface area (Å²) >= 11 is 6.07. The maximum atomic E-state index is 12.9. The second kappa shape index (κ2) is 11.0. The fraction of sp³-hybridized carbons (Fsp3) is 0.154. The molecule has 0 aliphatic heterocycles. The minimum absolute atomic E-state index is 0.227. The molecule has 36 heavy (non-hydrogen) atoms. The number of carboxylic acids is 1. The molecule has 9 nitrogen and oxygen atoms in total. The first-order chi connectivity index (χ1) is 17.3. The highest BCUT2D eigenvalue weighted by atomic mass is 35.5. The molecule has 0 radical (unpaired) electrons. The molecule has 3 aromatic carbocycles. The Balaban J connectivity index is 1.52. The summed E-state index contributed by atoms with van der Waals surface area (Å²) in [6.45, 7) is 0. The molecule has 0 fully saturated rings. The normalized spacial score (nSPS) is 12.6. The molecule has 10 heteroatoms. The number of halogens is 1. The van der Waals surface area contributed by atoms with Crippen LogP contribution in [0.1, 0.15) is 22.6 Å². The number of aromatic nitrogens is 3. The first-order valence-corrected chi connectivity index (χ1v) is 11.5. The minimum atomic E-state index is -1.68. The molecule has 4 aromatic rings. The Morgan fingerprint density at radius 2 is 1.72 bits per heavy atom. The number of hydrogen-bond acceptors (Lipinski definition) is 5. The van der Waals surface area contributed by atoms with E-state index >= 15 is 0 Å². The first-order valence-electron chi connectivity index (χ1n) is 11.1. The minimum Gasteiger partial charge on any atom is -0.479 e. The fourth-order valence-electron chi connectivity index (χ4n) is 3.77. The SMILES string of the molecule is O=C(N[C@H](Cc1ccc(-c2cccc(Cl)c2)cc1)CC(O)C(=O)O)c1nn(-c2ccccc2)c(=O)[nH]1. The largest absolute Gasteiger partial charge is 0.479 e. The number of carbonyl (C=O) groups excluding carboxylic acids is 1. The Hall–Kier alpha value is -4.21. The molecule has 184 valence electrons. The van der Waals surface area contributed by atoms with Gasteiger partial charge in [0.2, 0.25) is 5.82 Å². The lowest BCUT2D eigenvalue weighted by molar-refractivity contribution is -0.147. The lowest BCUT2D eigenvalue weighted by atomic mass is 9.98. The number of aliphatic hydroxyl groups excluding tert-OH is 1. The number of benzene rings is 3. The monoisotopic (exact) mass is 506 g/mol. The van der Waals surface area contributed by atoms with E-state index in [4.69, 9.17) is 16.7 Å². The van der Waals surface area contributed by atoms with E-state index in [0.29, 0.717) is 10.7 Å². The fourth-order valence-corrected chi connectivity index (χ4v) is 3.96. The number of carboxylic acid groups (broad SMARTS) is 1. The van der Waals surface area contributed by atoms with Crippen LogP contribution in [0.15, 0.2) is 83.7 Å². The summed E-state index contributed by atoms with van der Waals surface area (Å²) in [5.74, 6) is -2.32. The molecular weight excluding hydrogens is 484 g/mol.